The van der Waals surface area contributed by atoms with E-state index >= 15 is 0 Å². The summed E-state index contributed by atoms with van der Waals surface area (Å²) >= 11 is 6.12. The van der Waals surface area contributed by atoms with Crippen molar-refractivity contribution < 1.29 is 23.1 Å². The zero-order chi connectivity index (χ0) is 25.7. The second-order valence-corrected chi connectivity index (χ2v) is 9.00. The minimum Gasteiger partial charge on any atom is -0.389 e. The van der Waals surface area contributed by atoms with Crippen molar-refractivity contribution in [3.63, 3.8) is 0 Å². The van der Waals surface area contributed by atoms with E-state index in [9.17, 15) is 18.4 Å². The standard InChI is InChI=1S/C26H27ClF2N4O3/c1-2-3-12-33(24(34)17-7-6-8-19(27)14-17)23-25(32-13-5-4-9-22(32)31-23)36-26(35)30-16-18-10-11-20(28)15-21(18)29/h6-8,10-11,14-15H,2-5,9,12-13,16H2,1H3,(H,30,35). The molecule has 2 heterocycles. The van der Waals surface area contributed by atoms with Crippen LogP contribution in [-0.2, 0) is 19.5 Å². The highest BCUT2D eigenvalue weighted by molar-refractivity contribution is 6.31. The maximum Gasteiger partial charge on any atom is 0.414 e. The van der Waals surface area contributed by atoms with E-state index in [0.717, 1.165) is 37.2 Å². The van der Waals surface area contributed by atoms with Crippen molar-refractivity contribution in [1.82, 2.24) is 14.9 Å². The first-order chi connectivity index (χ1) is 17.4. The molecule has 0 aliphatic carbocycles. The Morgan fingerprint density at radius 2 is 2.03 bits per heavy atom. The van der Waals surface area contributed by atoms with Crippen molar-refractivity contribution in [2.24, 2.45) is 0 Å². The Balaban J connectivity index is 1.62. The Kier molecular flexibility index (Phi) is 8.20. The quantitative estimate of drug-likeness (QED) is 0.405. The van der Waals surface area contributed by atoms with Gasteiger partial charge in [0, 0.05) is 48.3 Å². The van der Waals surface area contributed by atoms with Crippen molar-refractivity contribution in [3.05, 3.63) is 76.1 Å². The molecule has 0 fully saturated rings. The zero-order valence-electron chi connectivity index (χ0n) is 19.9. The van der Waals surface area contributed by atoms with Gasteiger partial charge in [0.2, 0.25) is 5.88 Å². The van der Waals surface area contributed by atoms with Gasteiger partial charge in [0.15, 0.2) is 5.82 Å². The van der Waals surface area contributed by atoms with E-state index in [-0.39, 0.29) is 29.7 Å². The molecule has 0 radical (unpaired) electrons. The lowest BCUT2D eigenvalue weighted by Crippen LogP contribution is -2.34. The van der Waals surface area contributed by atoms with Crippen LogP contribution < -0.4 is 15.0 Å². The number of carbonyl (C=O) groups excluding carboxylic acids is 2. The molecular formula is C26H27ClF2N4O3. The lowest BCUT2D eigenvalue weighted by Gasteiger charge is -2.22. The third-order valence-corrected chi connectivity index (χ3v) is 6.19. The molecule has 0 saturated carbocycles. The molecule has 1 aliphatic rings. The number of unbranched alkanes of at least 4 members (excludes halogenated alkanes) is 1. The van der Waals surface area contributed by atoms with Gasteiger partial charge in [-0.05, 0) is 43.5 Å². The number of carbonyl (C=O) groups is 2. The number of anilines is 1. The topological polar surface area (TPSA) is 76.5 Å². The summed E-state index contributed by atoms with van der Waals surface area (Å²) in [6, 6.07) is 9.77. The van der Waals surface area contributed by atoms with Gasteiger partial charge in [0.05, 0.1) is 0 Å². The Morgan fingerprint density at radius 1 is 1.19 bits per heavy atom. The third kappa shape index (κ3) is 5.84. The van der Waals surface area contributed by atoms with Gasteiger partial charge in [-0.2, -0.15) is 0 Å². The molecule has 0 bridgehead atoms. The Morgan fingerprint density at radius 3 is 2.78 bits per heavy atom. The van der Waals surface area contributed by atoms with Crippen LogP contribution in [-0.4, -0.2) is 28.1 Å². The minimum atomic E-state index is -0.834. The Bertz CT molecular complexity index is 1260. The summed E-state index contributed by atoms with van der Waals surface area (Å²) in [6.45, 7) is 2.78. The average molecular weight is 517 g/mol. The number of fused-ring (bicyclic) bond motifs is 1. The van der Waals surface area contributed by atoms with Crippen LogP contribution in [0.15, 0.2) is 42.5 Å². The van der Waals surface area contributed by atoms with Crippen molar-refractivity contribution in [2.75, 3.05) is 11.4 Å². The first kappa shape index (κ1) is 25.6. The zero-order valence-corrected chi connectivity index (χ0v) is 20.7. The van der Waals surface area contributed by atoms with E-state index in [1.807, 2.05) is 6.92 Å². The van der Waals surface area contributed by atoms with Gasteiger partial charge in [-0.1, -0.05) is 37.1 Å². The molecule has 0 atom stereocenters. The minimum absolute atomic E-state index is 0.115. The molecule has 0 saturated heterocycles. The number of aryl methyl sites for hydroxylation is 1. The summed E-state index contributed by atoms with van der Waals surface area (Å²) in [5.41, 5.74) is 0.511. The van der Waals surface area contributed by atoms with Crippen molar-refractivity contribution in [1.29, 1.82) is 0 Å². The molecule has 4 rings (SSSR count). The summed E-state index contributed by atoms with van der Waals surface area (Å²) in [4.78, 5) is 32.5. The van der Waals surface area contributed by atoms with Gasteiger partial charge in [0.25, 0.3) is 5.91 Å². The predicted octanol–water partition coefficient (Wildman–Crippen LogP) is 5.89. The fraction of sp³-hybridized carbons (Fsp3) is 0.346. The maximum absolute atomic E-state index is 14.0. The van der Waals surface area contributed by atoms with E-state index in [0.29, 0.717) is 36.5 Å². The fourth-order valence-corrected chi connectivity index (χ4v) is 4.26. The normalized spacial score (nSPS) is 12.7. The van der Waals surface area contributed by atoms with Gasteiger partial charge in [-0.15, -0.1) is 0 Å². The van der Waals surface area contributed by atoms with Crippen LogP contribution in [0, 0.1) is 11.6 Å². The molecule has 2 aromatic carbocycles. The Hall–Kier alpha value is -3.46. The number of imidazole rings is 1. The molecular weight excluding hydrogens is 490 g/mol. The number of amides is 2. The molecule has 0 spiro atoms. The van der Waals surface area contributed by atoms with Gasteiger partial charge in [0.1, 0.15) is 17.5 Å². The number of nitrogens with zero attached hydrogens (tertiary/aromatic N) is 3. The van der Waals surface area contributed by atoms with Gasteiger partial charge in [-0.25, -0.2) is 18.6 Å². The number of hydrogen-bond acceptors (Lipinski definition) is 4. The highest BCUT2D eigenvalue weighted by Gasteiger charge is 2.30. The second-order valence-electron chi connectivity index (χ2n) is 8.57. The fourth-order valence-electron chi connectivity index (χ4n) is 4.07. The van der Waals surface area contributed by atoms with Crippen LogP contribution in [0.3, 0.4) is 0 Å². The maximum atomic E-state index is 14.0. The van der Waals surface area contributed by atoms with Crippen molar-refractivity contribution in [2.45, 2.75) is 52.1 Å². The summed E-state index contributed by atoms with van der Waals surface area (Å²) in [7, 11) is 0. The molecule has 2 amide bonds. The van der Waals surface area contributed by atoms with E-state index in [1.165, 1.54) is 11.0 Å². The molecule has 3 aromatic rings. The molecule has 10 heteroatoms. The number of aromatic nitrogens is 2. The van der Waals surface area contributed by atoms with Crippen LogP contribution >= 0.6 is 11.6 Å². The summed E-state index contributed by atoms with van der Waals surface area (Å²) in [5, 5.41) is 2.93. The number of nitrogens with one attached hydrogen (secondary N) is 1. The molecule has 1 aromatic heterocycles. The highest BCUT2D eigenvalue weighted by Crippen LogP contribution is 2.34. The number of ether oxygens (including phenoxy) is 1. The van der Waals surface area contributed by atoms with Gasteiger partial charge >= 0.3 is 6.09 Å². The number of benzene rings is 2. The molecule has 0 unspecified atom stereocenters. The monoisotopic (exact) mass is 516 g/mol. The van der Waals surface area contributed by atoms with Crippen LogP contribution in [0.1, 0.15) is 54.4 Å². The van der Waals surface area contributed by atoms with E-state index in [2.05, 4.69) is 5.32 Å². The molecule has 1 N–H and O–H groups in total. The van der Waals surface area contributed by atoms with Crippen LogP contribution in [0.25, 0.3) is 0 Å². The lowest BCUT2D eigenvalue weighted by molar-refractivity contribution is 0.0984. The van der Waals surface area contributed by atoms with Gasteiger partial charge in [-0.3, -0.25) is 14.3 Å². The number of rotatable bonds is 8. The molecule has 190 valence electrons. The van der Waals surface area contributed by atoms with Crippen LogP contribution in [0.4, 0.5) is 19.4 Å². The SMILES string of the molecule is CCCCN(C(=O)c1cccc(Cl)c1)c1nc2n(c1OC(=O)NCc1ccc(F)cc1F)CCCC2. The summed E-state index contributed by atoms with van der Waals surface area (Å²) < 4.78 is 34.6. The largest absolute Gasteiger partial charge is 0.414 e. The predicted molar refractivity (Wildman–Crippen MR) is 132 cm³/mol. The van der Waals surface area contributed by atoms with E-state index < -0.39 is 17.7 Å². The number of halogens is 3. The third-order valence-electron chi connectivity index (χ3n) is 5.95. The average Bonchev–Trinajstić information content (AvgIpc) is 3.21. The first-order valence-electron chi connectivity index (χ1n) is 11.9. The van der Waals surface area contributed by atoms with E-state index in [1.54, 1.807) is 28.8 Å². The van der Waals surface area contributed by atoms with Gasteiger partial charge < -0.3 is 10.1 Å². The smallest absolute Gasteiger partial charge is 0.389 e. The van der Waals surface area contributed by atoms with Crippen LogP contribution in [0.5, 0.6) is 5.88 Å². The molecule has 7 nitrogen and oxygen atoms in total. The van der Waals surface area contributed by atoms with Crippen LogP contribution in [0.2, 0.25) is 5.02 Å². The summed E-state index contributed by atoms with van der Waals surface area (Å²) in [5.74, 6) is -0.632. The number of hydrogen-bond donors (Lipinski definition) is 1. The molecule has 36 heavy (non-hydrogen) atoms. The van der Waals surface area contributed by atoms with Crippen molar-refractivity contribution >= 4 is 29.4 Å². The highest BCUT2D eigenvalue weighted by atomic mass is 35.5. The lowest BCUT2D eigenvalue weighted by atomic mass is 10.2. The summed E-state index contributed by atoms with van der Waals surface area (Å²) in [6.07, 6.45) is 3.21. The van der Waals surface area contributed by atoms with E-state index in [4.69, 9.17) is 21.3 Å². The molecule has 1 aliphatic heterocycles. The Labute approximate surface area is 213 Å². The first-order valence-corrected chi connectivity index (χ1v) is 12.3. The van der Waals surface area contributed by atoms with Crippen molar-refractivity contribution in [3.8, 4) is 5.88 Å². The second kappa shape index (κ2) is 11.5.